The number of rotatable bonds is 5. The van der Waals surface area contributed by atoms with Crippen LogP contribution in [0.3, 0.4) is 0 Å². The summed E-state index contributed by atoms with van der Waals surface area (Å²) in [6, 6.07) is 8.01. The third-order valence-corrected chi connectivity index (χ3v) is 4.47. The Balaban J connectivity index is 2.22. The first-order valence-corrected chi connectivity index (χ1v) is 7.64. The molecule has 0 saturated carbocycles. The predicted molar refractivity (Wildman–Crippen MR) is 75.4 cm³/mol. The molecule has 0 bridgehead atoms. The van der Waals surface area contributed by atoms with Crippen LogP contribution in [-0.4, -0.2) is 18.6 Å². The van der Waals surface area contributed by atoms with Gasteiger partial charge in [0, 0.05) is 12.7 Å². The van der Waals surface area contributed by atoms with E-state index in [-0.39, 0.29) is 23.0 Å². The lowest BCUT2D eigenvalue weighted by Crippen LogP contribution is -2.24. The number of hydrogen-bond acceptors (Lipinski definition) is 5. The molecule has 0 atom stereocenters. The number of halogens is 1. The van der Waals surface area contributed by atoms with Gasteiger partial charge in [-0.2, -0.15) is 10.2 Å². The number of benzene rings is 1. The number of sulfonamides is 1. The minimum Gasteiger partial charge on any atom is -0.326 e. The van der Waals surface area contributed by atoms with Crippen molar-refractivity contribution >= 4 is 21.6 Å². The van der Waals surface area contributed by atoms with Crippen LogP contribution < -0.4 is 10.5 Å². The van der Waals surface area contributed by atoms with Gasteiger partial charge >= 0.3 is 0 Å². The Bertz CT molecular complexity index is 692. The highest BCUT2D eigenvalue weighted by atomic mass is 35.5. The van der Waals surface area contributed by atoms with Crippen molar-refractivity contribution in [3.05, 3.63) is 52.8 Å². The second-order valence-corrected chi connectivity index (χ2v) is 6.15. The average molecular weight is 313 g/mol. The zero-order chi connectivity index (χ0) is 14.6. The molecule has 0 fully saturated rings. The molecule has 2 aromatic rings. The number of hydrogen-bond donors (Lipinski definition) is 2. The highest BCUT2D eigenvalue weighted by Gasteiger charge is 2.18. The van der Waals surface area contributed by atoms with Crippen molar-refractivity contribution in [2.75, 3.05) is 0 Å². The van der Waals surface area contributed by atoms with Crippen molar-refractivity contribution in [3.8, 4) is 0 Å². The first-order valence-electron chi connectivity index (χ1n) is 5.77. The summed E-state index contributed by atoms with van der Waals surface area (Å²) < 4.78 is 26.8. The Morgan fingerprint density at radius 2 is 2.10 bits per heavy atom. The molecule has 20 heavy (non-hydrogen) atoms. The van der Waals surface area contributed by atoms with Crippen LogP contribution in [0, 0.1) is 0 Å². The summed E-state index contributed by atoms with van der Waals surface area (Å²) in [4.78, 5) is 0.00556. The van der Waals surface area contributed by atoms with Crippen LogP contribution in [0.5, 0.6) is 0 Å². The van der Waals surface area contributed by atoms with E-state index in [1.54, 1.807) is 18.2 Å². The van der Waals surface area contributed by atoms with Crippen molar-refractivity contribution in [1.29, 1.82) is 0 Å². The number of nitrogens with one attached hydrogen (secondary N) is 1. The molecule has 6 nitrogen and oxygen atoms in total. The second kappa shape index (κ2) is 6.27. The van der Waals surface area contributed by atoms with Gasteiger partial charge in [0.15, 0.2) is 0 Å². The molecule has 0 unspecified atom stereocenters. The van der Waals surface area contributed by atoms with Crippen LogP contribution in [0.15, 0.2) is 41.4 Å². The van der Waals surface area contributed by atoms with Gasteiger partial charge in [-0.15, -0.1) is 0 Å². The maximum atomic E-state index is 12.2. The molecule has 106 valence electrons. The molecule has 8 heteroatoms. The Labute approximate surface area is 122 Å². The van der Waals surface area contributed by atoms with Gasteiger partial charge in [-0.3, -0.25) is 0 Å². The van der Waals surface area contributed by atoms with Crippen LogP contribution in [0.4, 0.5) is 0 Å². The van der Waals surface area contributed by atoms with Crippen molar-refractivity contribution < 1.29 is 8.42 Å². The molecule has 0 radical (unpaired) electrons. The van der Waals surface area contributed by atoms with E-state index in [0.29, 0.717) is 11.3 Å². The molecule has 0 spiro atoms. The van der Waals surface area contributed by atoms with E-state index in [0.717, 1.165) is 0 Å². The fourth-order valence-corrected chi connectivity index (χ4v) is 3.10. The van der Waals surface area contributed by atoms with Crippen molar-refractivity contribution in [2.45, 2.75) is 18.0 Å². The minimum atomic E-state index is -3.73. The highest BCUT2D eigenvalue weighted by molar-refractivity contribution is 7.89. The van der Waals surface area contributed by atoms with Gasteiger partial charge < -0.3 is 5.73 Å². The predicted octanol–water partition coefficient (Wildman–Crippen LogP) is 1.07. The molecule has 1 heterocycles. The first-order chi connectivity index (χ1) is 9.53. The molecule has 0 aliphatic carbocycles. The first kappa shape index (κ1) is 14.9. The molecule has 0 amide bonds. The maximum Gasteiger partial charge on any atom is 0.242 e. The van der Waals surface area contributed by atoms with Crippen LogP contribution in [0.25, 0.3) is 0 Å². The van der Waals surface area contributed by atoms with E-state index in [2.05, 4.69) is 14.9 Å². The third kappa shape index (κ3) is 3.51. The van der Waals surface area contributed by atoms with E-state index in [4.69, 9.17) is 17.3 Å². The zero-order valence-corrected chi connectivity index (χ0v) is 12.0. The Morgan fingerprint density at radius 3 is 2.75 bits per heavy atom. The molecule has 1 aromatic carbocycles. The molecule has 0 aliphatic rings. The van der Waals surface area contributed by atoms with Gasteiger partial charge in [0.25, 0.3) is 0 Å². The summed E-state index contributed by atoms with van der Waals surface area (Å²) in [5, 5.41) is 7.62. The molecule has 0 aliphatic heterocycles. The Kier molecular flexibility index (Phi) is 4.66. The zero-order valence-electron chi connectivity index (χ0n) is 10.5. The summed E-state index contributed by atoms with van der Waals surface area (Å²) in [6.07, 6.45) is 1.51. The van der Waals surface area contributed by atoms with Gasteiger partial charge in [-0.05, 0) is 29.8 Å². The summed E-state index contributed by atoms with van der Waals surface area (Å²) in [6.45, 7) is 0.281. The number of aromatic nitrogens is 2. The Hall–Kier alpha value is -1.54. The summed E-state index contributed by atoms with van der Waals surface area (Å²) in [5.74, 6) is 0. The van der Waals surface area contributed by atoms with Gasteiger partial charge in [0.05, 0.1) is 17.3 Å². The van der Waals surface area contributed by atoms with Crippen LogP contribution in [0.2, 0.25) is 5.02 Å². The smallest absolute Gasteiger partial charge is 0.242 e. The van der Waals surface area contributed by atoms with E-state index in [1.165, 1.54) is 18.3 Å². The molecular formula is C12H13ClN4O2S. The van der Waals surface area contributed by atoms with E-state index >= 15 is 0 Å². The molecule has 2 rings (SSSR count). The topological polar surface area (TPSA) is 98.0 Å². The normalized spacial score (nSPS) is 11.5. The maximum absolute atomic E-state index is 12.2. The van der Waals surface area contributed by atoms with Crippen LogP contribution in [-0.2, 0) is 23.1 Å². The third-order valence-electron chi connectivity index (χ3n) is 2.59. The lowest BCUT2D eigenvalue weighted by Gasteiger charge is -2.09. The van der Waals surface area contributed by atoms with E-state index < -0.39 is 10.0 Å². The largest absolute Gasteiger partial charge is 0.326 e. The minimum absolute atomic E-state index is 0.00556. The molecule has 1 aromatic heterocycles. The standard InChI is InChI=1S/C12H13ClN4O2S/c13-11-4-3-9(7-14)6-12(11)20(18,19)16-8-10-2-1-5-15-17-10/h1-6,16H,7-8,14H2. The monoisotopic (exact) mass is 312 g/mol. The fraction of sp³-hybridized carbons (Fsp3) is 0.167. The quantitative estimate of drug-likeness (QED) is 0.860. The lowest BCUT2D eigenvalue weighted by atomic mass is 10.2. The van der Waals surface area contributed by atoms with Crippen LogP contribution in [0.1, 0.15) is 11.3 Å². The Morgan fingerprint density at radius 1 is 1.30 bits per heavy atom. The summed E-state index contributed by atoms with van der Waals surface area (Å²) in [7, 11) is -3.73. The van der Waals surface area contributed by atoms with Gasteiger partial charge in [0.1, 0.15) is 4.90 Å². The van der Waals surface area contributed by atoms with Gasteiger partial charge in [0.2, 0.25) is 10.0 Å². The van der Waals surface area contributed by atoms with Crippen molar-refractivity contribution in [1.82, 2.24) is 14.9 Å². The van der Waals surface area contributed by atoms with E-state index in [1.807, 2.05) is 0 Å². The summed E-state index contributed by atoms with van der Waals surface area (Å²) >= 11 is 5.93. The van der Waals surface area contributed by atoms with Gasteiger partial charge in [-0.1, -0.05) is 17.7 Å². The summed E-state index contributed by atoms with van der Waals surface area (Å²) in [5.41, 5.74) is 6.71. The van der Waals surface area contributed by atoms with E-state index in [9.17, 15) is 8.42 Å². The van der Waals surface area contributed by atoms with Crippen molar-refractivity contribution in [3.63, 3.8) is 0 Å². The molecule has 3 N–H and O–H groups in total. The van der Waals surface area contributed by atoms with Crippen LogP contribution >= 0.6 is 11.6 Å². The average Bonchev–Trinajstić information content (AvgIpc) is 2.47. The SMILES string of the molecule is NCc1ccc(Cl)c(S(=O)(=O)NCc2cccnn2)c1. The molecular weight excluding hydrogens is 300 g/mol. The second-order valence-electron chi connectivity index (χ2n) is 4.01. The number of nitrogens with two attached hydrogens (primary N) is 1. The fourth-order valence-electron chi connectivity index (χ4n) is 1.56. The van der Waals surface area contributed by atoms with Gasteiger partial charge in [-0.25, -0.2) is 13.1 Å². The lowest BCUT2D eigenvalue weighted by molar-refractivity contribution is 0.580. The number of nitrogens with zero attached hydrogens (tertiary/aromatic N) is 2. The van der Waals surface area contributed by atoms with Crippen molar-refractivity contribution in [2.24, 2.45) is 5.73 Å². The highest BCUT2D eigenvalue weighted by Crippen LogP contribution is 2.22. The molecule has 0 saturated heterocycles.